The molecule has 0 radical (unpaired) electrons. The largest absolute Gasteiger partial charge is 0.467 e. The van der Waals surface area contributed by atoms with E-state index in [1.165, 1.54) is 7.11 Å². The van der Waals surface area contributed by atoms with Gasteiger partial charge in [0.15, 0.2) is 0 Å². The van der Waals surface area contributed by atoms with Crippen molar-refractivity contribution in [1.82, 2.24) is 5.32 Å². The van der Waals surface area contributed by atoms with E-state index in [0.717, 1.165) is 22.0 Å². The van der Waals surface area contributed by atoms with E-state index >= 15 is 0 Å². The second-order valence-corrected chi connectivity index (χ2v) is 6.31. The van der Waals surface area contributed by atoms with Gasteiger partial charge in [-0.1, -0.05) is 59.6 Å². The summed E-state index contributed by atoms with van der Waals surface area (Å²) in [5.41, 5.74) is 2.27. The fourth-order valence-electron chi connectivity index (χ4n) is 2.49. The molecule has 1 atom stereocenters. The van der Waals surface area contributed by atoms with E-state index in [9.17, 15) is 9.59 Å². The minimum Gasteiger partial charge on any atom is -0.467 e. The van der Waals surface area contributed by atoms with Gasteiger partial charge in [-0.2, -0.15) is 0 Å². The Morgan fingerprint density at radius 2 is 1.88 bits per heavy atom. The summed E-state index contributed by atoms with van der Waals surface area (Å²) in [6.45, 7) is 1.96. The highest BCUT2D eigenvalue weighted by atomic mass is 79.9. The summed E-state index contributed by atoms with van der Waals surface area (Å²) in [5.74, 6) is -0.714. The maximum absolute atomic E-state index is 12.7. The molecule has 2 rings (SSSR count). The number of methoxy groups -OCH3 is 1. The first-order valence-electron chi connectivity index (χ1n) is 7.80. The molecule has 0 aromatic heterocycles. The molecule has 1 amide bonds. The second kappa shape index (κ2) is 8.64. The van der Waals surface area contributed by atoms with Crippen molar-refractivity contribution >= 4 is 27.8 Å². The summed E-state index contributed by atoms with van der Waals surface area (Å²) in [7, 11) is 1.33. The number of amides is 1. The summed E-state index contributed by atoms with van der Waals surface area (Å²) in [6, 6.07) is 14.5. The SMILES string of the molecule is CCC[C@H](NC(=O)c1ccc(Br)cc1-c1ccccc1)C(=O)OC. The number of ether oxygens (including phenoxy) is 1. The highest BCUT2D eigenvalue weighted by molar-refractivity contribution is 9.10. The molecule has 0 heterocycles. The molecule has 2 aromatic rings. The van der Waals surface area contributed by atoms with Crippen LogP contribution in [0.4, 0.5) is 0 Å². The van der Waals surface area contributed by atoms with E-state index in [1.807, 2.05) is 49.4 Å². The molecule has 0 aliphatic rings. The van der Waals surface area contributed by atoms with Crippen LogP contribution in [0.15, 0.2) is 53.0 Å². The third-order valence-corrected chi connectivity index (χ3v) is 4.17. The average Bonchev–Trinajstić information content (AvgIpc) is 2.61. The number of benzene rings is 2. The van der Waals surface area contributed by atoms with Crippen molar-refractivity contribution in [3.63, 3.8) is 0 Å². The zero-order chi connectivity index (χ0) is 17.5. The van der Waals surface area contributed by atoms with Gasteiger partial charge in [-0.05, 0) is 35.7 Å². The van der Waals surface area contributed by atoms with Crippen LogP contribution in [0, 0.1) is 0 Å². The van der Waals surface area contributed by atoms with E-state index in [4.69, 9.17) is 4.74 Å². The summed E-state index contributed by atoms with van der Waals surface area (Å²) in [5, 5.41) is 2.79. The van der Waals surface area contributed by atoms with Gasteiger partial charge in [-0.15, -0.1) is 0 Å². The topological polar surface area (TPSA) is 55.4 Å². The zero-order valence-electron chi connectivity index (χ0n) is 13.7. The Morgan fingerprint density at radius 1 is 1.17 bits per heavy atom. The van der Waals surface area contributed by atoms with Crippen molar-refractivity contribution < 1.29 is 14.3 Å². The predicted octanol–water partition coefficient (Wildman–Crippen LogP) is 4.19. The minimum absolute atomic E-state index is 0.287. The summed E-state index contributed by atoms with van der Waals surface area (Å²) >= 11 is 3.45. The van der Waals surface area contributed by atoms with Crippen LogP contribution in [-0.2, 0) is 9.53 Å². The van der Waals surface area contributed by atoms with Crippen molar-refractivity contribution in [1.29, 1.82) is 0 Å². The van der Waals surface area contributed by atoms with Crippen molar-refractivity contribution in [3.05, 3.63) is 58.6 Å². The molecule has 0 aliphatic heterocycles. The van der Waals surface area contributed by atoms with Gasteiger partial charge in [0, 0.05) is 10.0 Å². The Labute approximate surface area is 150 Å². The van der Waals surface area contributed by atoms with E-state index in [1.54, 1.807) is 6.07 Å². The quantitative estimate of drug-likeness (QED) is 0.753. The molecule has 0 saturated carbocycles. The molecule has 5 heteroatoms. The summed E-state index contributed by atoms with van der Waals surface area (Å²) in [6.07, 6.45) is 1.31. The number of carbonyl (C=O) groups is 2. The molecule has 0 bridgehead atoms. The fourth-order valence-corrected chi connectivity index (χ4v) is 2.85. The van der Waals surface area contributed by atoms with Crippen LogP contribution >= 0.6 is 15.9 Å². The van der Waals surface area contributed by atoms with Gasteiger partial charge in [0.1, 0.15) is 6.04 Å². The van der Waals surface area contributed by atoms with Gasteiger partial charge in [-0.3, -0.25) is 4.79 Å². The second-order valence-electron chi connectivity index (χ2n) is 5.39. The van der Waals surface area contributed by atoms with Crippen LogP contribution in [0.25, 0.3) is 11.1 Å². The Hall–Kier alpha value is -2.14. The Morgan fingerprint density at radius 3 is 2.50 bits per heavy atom. The molecule has 4 nitrogen and oxygen atoms in total. The smallest absolute Gasteiger partial charge is 0.328 e. The monoisotopic (exact) mass is 389 g/mol. The molecule has 1 N–H and O–H groups in total. The van der Waals surface area contributed by atoms with Crippen LogP contribution in [0.1, 0.15) is 30.1 Å². The van der Waals surface area contributed by atoms with Crippen molar-refractivity contribution in [2.24, 2.45) is 0 Å². The molecule has 0 unspecified atom stereocenters. The number of carbonyl (C=O) groups excluding carboxylic acids is 2. The van der Waals surface area contributed by atoms with Crippen LogP contribution in [0.3, 0.4) is 0 Å². The van der Waals surface area contributed by atoms with E-state index in [-0.39, 0.29) is 5.91 Å². The molecule has 0 aliphatic carbocycles. The van der Waals surface area contributed by atoms with Crippen molar-refractivity contribution in [2.45, 2.75) is 25.8 Å². The molecule has 24 heavy (non-hydrogen) atoms. The number of nitrogens with one attached hydrogen (secondary N) is 1. The number of rotatable bonds is 6. The Bertz CT molecular complexity index is 716. The lowest BCUT2D eigenvalue weighted by molar-refractivity contribution is -0.143. The van der Waals surface area contributed by atoms with Gasteiger partial charge in [0.2, 0.25) is 0 Å². The number of hydrogen-bond donors (Lipinski definition) is 1. The Kier molecular flexibility index (Phi) is 6.55. The highest BCUT2D eigenvalue weighted by Crippen LogP contribution is 2.27. The third kappa shape index (κ3) is 4.45. The molecule has 126 valence electrons. The maximum atomic E-state index is 12.7. The number of hydrogen-bond acceptors (Lipinski definition) is 3. The van der Waals surface area contributed by atoms with Gasteiger partial charge in [-0.25, -0.2) is 4.79 Å². The van der Waals surface area contributed by atoms with E-state index in [0.29, 0.717) is 12.0 Å². The Balaban J connectivity index is 2.34. The van der Waals surface area contributed by atoms with Crippen molar-refractivity contribution in [3.8, 4) is 11.1 Å². The van der Waals surface area contributed by atoms with E-state index < -0.39 is 12.0 Å². The van der Waals surface area contributed by atoms with Crippen LogP contribution in [0.5, 0.6) is 0 Å². The summed E-state index contributed by atoms with van der Waals surface area (Å²) < 4.78 is 5.66. The lowest BCUT2D eigenvalue weighted by Gasteiger charge is -2.17. The first-order chi connectivity index (χ1) is 11.6. The number of halogens is 1. The molecular formula is C19H20BrNO3. The normalized spacial score (nSPS) is 11.6. The first kappa shape index (κ1) is 18.2. The third-order valence-electron chi connectivity index (χ3n) is 3.68. The predicted molar refractivity (Wildman–Crippen MR) is 97.8 cm³/mol. The molecule has 0 fully saturated rings. The average molecular weight is 390 g/mol. The lowest BCUT2D eigenvalue weighted by atomic mass is 9.99. The van der Waals surface area contributed by atoms with Gasteiger partial charge in [0.05, 0.1) is 7.11 Å². The molecular weight excluding hydrogens is 370 g/mol. The molecule has 2 aromatic carbocycles. The minimum atomic E-state index is -0.639. The highest BCUT2D eigenvalue weighted by Gasteiger charge is 2.22. The van der Waals surface area contributed by atoms with Gasteiger partial charge < -0.3 is 10.1 Å². The molecule has 0 spiro atoms. The number of esters is 1. The zero-order valence-corrected chi connectivity index (χ0v) is 15.3. The lowest BCUT2D eigenvalue weighted by Crippen LogP contribution is -2.41. The maximum Gasteiger partial charge on any atom is 0.328 e. The fraction of sp³-hybridized carbons (Fsp3) is 0.263. The van der Waals surface area contributed by atoms with E-state index in [2.05, 4.69) is 21.2 Å². The summed E-state index contributed by atoms with van der Waals surface area (Å²) in [4.78, 5) is 24.6. The van der Waals surface area contributed by atoms with Crippen LogP contribution in [0.2, 0.25) is 0 Å². The van der Waals surface area contributed by atoms with Crippen LogP contribution < -0.4 is 5.32 Å². The van der Waals surface area contributed by atoms with Crippen LogP contribution in [-0.4, -0.2) is 25.0 Å². The van der Waals surface area contributed by atoms with Gasteiger partial charge >= 0.3 is 5.97 Å². The van der Waals surface area contributed by atoms with Crippen molar-refractivity contribution in [2.75, 3.05) is 7.11 Å². The standard InChI is InChI=1S/C19H20BrNO3/c1-3-7-17(19(23)24-2)21-18(22)15-11-10-14(20)12-16(15)13-8-5-4-6-9-13/h4-6,8-12,17H,3,7H2,1-2H3,(H,21,22)/t17-/m0/s1. The van der Waals surface area contributed by atoms with Gasteiger partial charge in [0.25, 0.3) is 5.91 Å². The first-order valence-corrected chi connectivity index (χ1v) is 8.59. The molecule has 0 saturated heterocycles.